The summed E-state index contributed by atoms with van der Waals surface area (Å²) in [4.78, 5) is 22.4. The molecule has 4 rings (SSSR count). The predicted octanol–water partition coefficient (Wildman–Crippen LogP) is 3.71. The molecule has 0 spiro atoms. The summed E-state index contributed by atoms with van der Waals surface area (Å²) >= 11 is 0. The molecule has 3 aromatic rings. The highest BCUT2D eigenvalue weighted by atomic mass is 16.5. The average molecular weight is 379 g/mol. The van der Waals surface area contributed by atoms with Crippen molar-refractivity contribution in [3.63, 3.8) is 0 Å². The second kappa shape index (κ2) is 6.95. The molecule has 2 N–H and O–H groups in total. The third-order valence-electron chi connectivity index (χ3n) is 5.13. The Balaban J connectivity index is 1.70. The topological polar surface area (TPSA) is 78.5 Å². The number of aromatic nitrogens is 2. The van der Waals surface area contributed by atoms with Gasteiger partial charge >= 0.3 is 0 Å². The lowest BCUT2D eigenvalue weighted by Crippen LogP contribution is -2.40. The minimum atomic E-state index is -0.177. The SMILES string of the molecule is CC(C)(C)c1cccc(-c2nc3ccc(C(=O)N4CCOCC4)cc3[nH]2)c1O. The van der Waals surface area contributed by atoms with Gasteiger partial charge in [0.25, 0.3) is 5.91 Å². The van der Waals surface area contributed by atoms with Crippen LogP contribution < -0.4 is 0 Å². The van der Waals surface area contributed by atoms with Crippen LogP contribution in [-0.2, 0) is 10.2 Å². The van der Waals surface area contributed by atoms with Crippen LogP contribution >= 0.6 is 0 Å². The first-order valence-electron chi connectivity index (χ1n) is 9.54. The van der Waals surface area contributed by atoms with E-state index in [1.807, 2.05) is 30.3 Å². The van der Waals surface area contributed by atoms with Gasteiger partial charge in [-0.2, -0.15) is 0 Å². The Morgan fingerprint density at radius 2 is 1.93 bits per heavy atom. The van der Waals surface area contributed by atoms with Gasteiger partial charge in [0.15, 0.2) is 0 Å². The number of benzene rings is 2. The van der Waals surface area contributed by atoms with E-state index < -0.39 is 0 Å². The van der Waals surface area contributed by atoms with Crippen LogP contribution in [-0.4, -0.2) is 52.2 Å². The van der Waals surface area contributed by atoms with E-state index in [9.17, 15) is 9.90 Å². The zero-order valence-electron chi connectivity index (χ0n) is 16.5. The number of phenols is 1. The largest absolute Gasteiger partial charge is 0.507 e. The van der Waals surface area contributed by atoms with Crippen molar-refractivity contribution in [2.75, 3.05) is 26.3 Å². The Labute approximate surface area is 164 Å². The number of morpholine rings is 1. The molecule has 0 unspecified atom stereocenters. The molecule has 1 aromatic heterocycles. The number of amides is 1. The van der Waals surface area contributed by atoms with E-state index in [0.717, 1.165) is 16.6 Å². The van der Waals surface area contributed by atoms with Crippen molar-refractivity contribution >= 4 is 16.9 Å². The smallest absolute Gasteiger partial charge is 0.254 e. The normalized spacial score (nSPS) is 15.2. The lowest BCUT2D eigenvalue weighted by Gasteiger charge is -2.26. The number of nitrogens with zero attached hydrogens (tertiary/aromatic N) is 2. The first kappa shape index (κ1) is 18.5. The maximum absolute atomic E-state index is 12.7. The molecule has 0 bridgehead atoms. The highest BCUT2D eigenvalue weighted by Gasteiger charge is 2.22. The summed E-state index contributed by atoms with van der Waals surface area (Å²) in [5, 5.41) is 10.8. The van der Waals surface area contributed by atoms with E-state index in [-0.39, 0.29) is 17.1 Å². The molecular formula is C22H25N3O3. The molecule has 0 radical (unpaired) electrons. The summed E-state index contributed by atoms with van der Waals surface area (Å²) in [6, 6.07) is 11.2. The van der Waals surface area contributed by atoms with Gasteiger partial charge in [-0.1, -0.05) is 32.9 Å². The molecular weight excluding hydrogens is 354 g/mol. The van der Waals surface area contributed by atoms with E-state index in [2.05, 4.69) is 30.7 Å². The highest BCUT2D eigenvalue weighted by molar-refractivity contribution is 5.97. The molecule has 0 atom stereocenters. The zero-order chi connectivity index (χ0) is 19.9. The molecule has 2 heterocycles. The number of para-hydroxylation sites is 1. The van der Waals surface area contributed by atoms with E-state index in [0.29, 0.717) is 43.3 Å². The van der Waals surface area contributed by atoms with Crippen molar-refractivity contribution in [3.05, 3.63) is 47.5 Å². The molecule has 1 aliphatic rings. The number of carbonyl (C=O) groups is 1. The van der Waals surface area contributed by atoms with Crippen molar-refractivity contribution in [2.24, 2.45) is 0 Å². The van der Waals surface area contributed by atoms with Crippen molar-refractivity contribution in [3.8, 4) is 17.1 Å². The molecule has 2 aromatic carbocycles. The Morgan fingerprint density at radius 1 is 1.18 bits per heavy atom. The summed E-state index contributed by atoms with van der Waals surface area (Å²) in [7, 11) is 0. The third kappa shape index (κ3) is 3.36. The fourth-order valence-electron chi connectivity index (χ4n) is 3.56. The number of aromatic amines is 1. The van der Waals surface area contributed by atoms with Crippen LogP contribution in [0.2, 0.25) is 0 Å². The maximum atomic E-state index is 12.7. The molecule has 0 aliphatic carbocycles. The average Bonchev–Trinajstić information content (AvgIpc) is 3.10. The number of hydrogen-bond donors (Lipinski definition) is 2. The van der Waals surface area contributed by atoms with Crippen LogP contribution in [0.3, 0.4) is 0 Å². The van der Waals surface area contributed by atoms with Crippen LogP contribution in [0.5, 0.6) is 5.75 Å². The van der Waals surface area contributed by atoms with E-state index in [4.69, 9.17) is 4.74 Å². The van der Waals surface area contributed by atoms with Gasteiger partial charge in [0, 0.05) is 18.7 Å². The monoisotopic (exact) mass is 379 g/mol. The lowest BCUT2D eigenvalue weighted by molar-refractivity contribution is 0.0303. The minimum Gasteiger partial charge on any atom is -0.507 e. The molecule has 1 aliphatic heterocycles. The molecule has 6 heteroatoms. The molecule has 28 heavy (non-hydrogen) atoms. The Hall–Kier alpha value is -2.86. The number of imidazole rings is 1. The number of nitrogens with one attached hydrogen (secondary N) is 1. The molecule has 1 amide bonds. The van der Waals surface area contributed by atoms with Crippen LogP contribution in [0.25, 0.3) is 22.4 Å². The number of aromatic hydroxyl groups is 1. The fourth-order valence-corrected chi connectivity index (χ4v) is 3.56. The highest BCUT2D eigenvalue weighted by Crippen LogP contribution is 2.37. The van der Waals surface area contributed by atoms with Crippen LogP contribution in [0.15, 0.2) is 36.4 Å². The van der Waals surface area contributed by atoms with Gasteiger partial charge in [-0.05, 0) is 35.2 Å². The number of H-pyrrole nitrogens is 1. The number of carbonyl (C=O) groups excluding carboxylic acids is 1. The predicted molar refractivity (Wildman–Crippen MR) is 109 cm³/mol. The van der Waals surface area contributed by atoms with Gasteiger partial charge in [0.1, 0.15) is 11.6 Å². The van der Waals surface area contributed by atoms with E-state index in [1.54, 1.807) is 11.0 Å². The van der Waals surface area contributed by atoms with Gasteiger partial charge in [-0.3, -0.25) is 4.79 Å². The number of phenolic OH excluding ortho intramolecular Hbond substituents is 1. The quantitative estimate of drug-likeness (QED) is 0.712. The number of rotatable bonds is 2. The van der Waals surface area contributed by atoms with Crippen LogP contribution in [0, 0.1) is 0 Å². The van der Waals surface area contributed by atoms with Crippen molar-refractivity contribution in [2.45, 2.75) is 26.2 Å². The molecule has 6 nitrogen and oxygen atoms in total. The second-order valence-corrected chi connectivity index (χ2v) is 8.17. The number of fused-ring (bicyclic) bond motifs is 1. The molecule has 1 fully saturated rings. The molecule has 1 saturated heterocycles. The summed E-state index contributed by atoms with van der Waals surface area (Å²) in [6.45, 7) is 8.56. The molecule has 0 saturated carbocycles. The zero-order valence-corrected chi connectivity index (χ0v) is 16.5. The fraction of sp³-hybridized carbons (Fsp3) is 0.364. The van der Waals surface area contributed by atoms with Crippen molar-refractivity contribution in [1.29, 1.82) is 0 Å². The standard InChI is InChI=1S/C22H25N3O3/c1-22(2,3)16-6-4-5-15(19(16)26)20-23-17-8-7-14(13-18(17)24-20)21(27)25-9-11-28-12-10-25/h4-8,13,26H,9-12H2,1-3H3,(H,23,24). The summed E-state index contributed by atoms with van der Waals surface area (Å²) in [5.74, 6) is 0.826. The second-order valence-electron chi connectivity index (χ2n) is 8.17. The van der Waals surface area contributed by atoms with Gasteiger partial charge < -0.3 is 19.7 Å². The number of hydrogen-bond acceptors (Lipinski definition) is 4. The van der Waals surface area contributed by atoms with Gasteiger partial charge in [0.2, 0.25) is 0 Å². The Kier molecular flexibility index (Phi) is 4.59. The Morgan fingerprint density at radius 3 is 2.64 bits per heavy atom. The first-order valence-corrected chi connectivity index (χ1v) is 9.54. The number of ether oxygens (including phenoxy) is 1. The molecule has 146 valence electrons. The van der Waals surface area contributed by atoms with Crippen LogP contribution in [0.4, 0.5) is 0 Å². The summed E-state index contributed by atoms with van der Waals surface area (Å²) < 4.78 is 5.32. The first-order chi connectivity index (χ1) is 13.3. The third-order valence-corrected chi connectivity index (χ3v) is 5.13. The lowest BCUT2D eigenvalue weighted by atomic mass is 9.85. The summed E-state index contributed by atoms with van der Waals surface area (Å²) in [6.07, 6.45) is 0. The Bertz CT molecular complexity index is 1030. The van der Waals surface area contributed by atoms with Gasteiger partial charge in [-0.25, -0.2) is 4.98 Å². The summed E-state index contributed by atoms with van der Waals surface area (Å²) in [5.41, 5.74) is 3.50. The maximum Gasteiger partial charge on any atom is 0.254 e. The van der Waals surface area contributed by atoms with E-state index in [1.165, 1.54) is 0 Å². The van der Waals surface area contributed by atoms with Gasteiger partial charge in [-0.15, -0.1) is 0 Å². The minimum absolute atomic E-state index is 0.000993. The van der Waals surface area contributed by atoms with Crippen molar-refractivity contribution in [1.82, 2.24) is 14.9 Å². The van der Waals surface area contributed by atoms with Gasteiger partial charge in [0.05, 0.1) is 29.8 Å². The van der Waals surface area contributed by atoms with Crippen LogP contribution in [0.1, 0.15) is 36.7 Å². The van der Waals surface area contributed by atoms with Crippen molar-refractivity contribution < 1.29 is 14.6 Å². The van der Waals surface area contributed by atoms with E-state index >= 15 is 0 Å².